The highest BCUT2D eigenvalue weighted by molar-refractivity contribution is 6.03. The number of aromatic amines is 1. The van der Waals surface area contributed by atoms with Gasteiger partial charge in [-0.25, -0.2) is 0 Å². The Morgan fingerprint density at radius 1 is 1.11 bits per heavy atom. The molecule has 3 aromatic heterocycles. The molecule has 2 aliphatic carbocycles. The van der Waals surface area contributed by atoms with Crippen LogP contribution in [0.3, 0.4) is 0 Å². The summed E-state index contributed by atoms with van der Waals surface area (Å²) in [4.78, 5) is 8.69. The molecule has 0 bridgehead atoms. The van der Waals surface area contributed by atoms with Crippen LogP contribution in [0.25, 0.3) is 6.08 Å². The molecular formula is C22H21N5O. The molecule has 1 saturated carbocycles. The first-order valence-electron chi connectivity index (χ1n) is 9.61. The summed E-state index contributed by atoms with van der Waals surface area (Å²) in [5.74, 6) is 0.300. The molecule has 0 unspecified atom stereocenters. The number of fused-ring (bicyclic) bond motifs is 1. The van der Waals surface area contributed by atoms with Gasteiger partial charge in [-0.3, -0.25) is 15.1 Å². The summed E-state index contributed by atoms with van der Waals surface area (Å²) in [7, 11) is 0. The highest BCUT2D eigenvalue weighted by Crippen LogP contribution is 2.42. The Morgan fingerprint density at radius 2 is 1.82 bits per heavy atom. The molecule has 0 radical (unpaired) electrons. The summed E-state index contributed by atoms with van der Waals surface area (Å²) in [5, 5.41) is 20.9. The first-order chi connectivity index (χ1) is 13.8. The second-order valence-corrected chi connectivity index (χ2v) is 7.54. The number of pyridine rings is 2. The number of hydrogen-bond donors (Lipinski definition) is 2. The summed E-state index contributed by atoms with van der Waals surface area (Å²) in [6, 6.07) is 8.12. The van der Waals surface area contributed by atoms with E-state index in [0.29, 0.717) is 18.1 Å². The predicted octanol–water partition coefficient (Wildman–Crippen LogP) is 3.73. The first kappa shape index (κ1) is 16.9. The SMILES string of the molecule is ON=C(c1n[nH]c2c1C=CC(c1cccnc1)(c1cccnc1)C2)C1CCC1. The minimum atomic E-state index is -0.369. The zero-order chi connectivity index (χ0) is 19.0. The van der Waals surface area contributed by atoms with Crippen molar-refractivity contribution < 1.29 is 5.21 Å². The molecule has 2 aliphatic rings. The van der Waals surface area contributed by atoms with Crippen LogP contribution in [0.2, 0.25) is 0 Å². The summed E-state index contributed by atoms with van der Waals surface area (Å²) in [5.41, 5.74) is 5.36. The van der Waals surface area contributed by atoms with Crippen molar-refractivity contribution in [2.45, 2.75) is 31.1 Å². The van der Waals surface area contributed by atoms with Crippen LogP contribution in [0.15, 0.2) is 60.3 Å². The Bertz CT molecular complexity index is 996. The van der Waals surface area contributed by atoms with E-state index in [1.807, 2.05) is 24.5 Å². The zero-order valence-corrected chi connectivity index (χ0v) is 15.4. The smallest absolute Gasteiger partial charge is 0.117 e. The molecule has 0 atom stereocenters. The fraction of sp³-hybridized carbons (Fsp3) is 0.273. The van der Waals surface area contributed by atoms with Crippen LogP contribution in [-0.2, 0) is 11.8 Å². The normalized spacial score (nSPS) is 18.5. The number of H-pyrrole nitrogens is 1. The third kappa shape index (κ3) is 2.56. The van der Waals surface area contributed by atoms with Gasteiger partial charge in [0.2, 0.25) is 0 Å². The van der Waals surface area contributed by atoms with E-state index in [4.69, 9.17) is 0 Å². The standard InChI is InChI=1S/C22H21N5O/c28-27-20(15-4-1-5-15)21-18-8-9-22(12-19(18)25-26-21,16-6-2-10-23-13-16)17-7-3-11-24-14-17/h2-3,6-11,13-15,28H,1,4-5,12H2,(H,25,26). The molecule has 1 fully saturated rings. The van der Waals surface area contributed by atoms with Gasteiger partial charge in [0.1, 0.15) is 11.4 Å². The topological polar surface area (TPSA) is 87.0 Å². The average Bonchev–Trinajstić information content (AvgIpc) is 3.14. The van der Waals surface area contributed by atoms with E-state index in [2.05, 4.69) is 49.6 Å². The maximum atomic E-state index is 9.59. The maximum absolute atomic E-state index is 9.59. The number of hydrogen-bond acceptors (Lipinski definition) is 5. The first-order valence-corrected chi connectivity index (χ1v) is 9.61. The lowest BCUT2D eigenvalue weighted by atomic mass is 9.69. The molecular weight excluding hydrogens is 350 g/mol. The molecule has 3 aromatic rings. The van der Waals surface area contributed by atoms with Crippen molar-refractivity contribution in [1.29, 1.82) is 0 Å². The van der Waals surface area contributed by atoms with Crippen molar-refractivity contribution in [3.63, 3.8) is 0 Å². The molecule has 0 aromatic carbocycles. The van der Waals surface area contributed by atoms with Crippen LogP contribution in [-0.4, -0.2) is 31.1 Å². The third-order valence-electron chi connectivity index (χ3n) is 6.07. The Morgan fingerprint density at radius 3 is 2.36 bits per heavy atom. The van der Waals surface area contributed by atoms with E-state index in [1.165, 1.54) is 6.42 Å². The lowest BCUT2D eigenvalue weighted by molar-refractivity contribution is 0.305. The summed E-state index contributed by atoms with van der Waals surface area (Å²) < 4.78 is 0. The summed E-state index contributed by atoms with van der Waals surface area (Å²) >= 11 is 0. The van der Waals surface area contributed by atoms with Crippen molar-refractivity contribution >= 4 is 11.8 Å². The molecule has 28 heavy (non-hydrogen) atoms. The van der Waals surface area contributed by atoms with Crippen molar-refractivity contribution in [1.82, 2.24) is 20.2 Å². The number of oxime groups is 1. The number of aromatic nitrogens is 4. The summed E-state index contributed by atoms with van der Waals surface area (Å²) in [6.07, 6.45) is 15.7. The van der Waals surface area contributed by atoms with Crippen LogP contribution in [0.4, 0.5) is 0 Å². The van der Waals surface area contributed by atoms with Gasteiger partial charge in [-0.2, -0.15) is 5.10 Å². The Balaban J connectivity index is 1.61. The number of nitrogens with zero attached hydrogens (tertiary/aromatic N) is 4. The minimum Gasteiger partial charge on any atom is -0.411 e. The number of rotatable bonds is 4. The van der Waals surface area contributed by atoms with Crippen LogP contribution in [0.5, 0.6) is 0 Å². The van der Waals surface area contributed by atoms with E-state index < -0.39 is 0 Å². The summed E-state index contributed by atoms with van der Waals surface area (Å²) in [6.45, 7) is 0. The van der Waals surface area contributed by atoms with Gasteiger partial charge in [-0.1, -0.05) is 35.9 Å². The van der Waals surface area contributed by atoms with E-state index in [9.17, 15) is 5.21 Å². The van der Waals surface area contributed by atoms with Gasteiger partial charge in [0, 0.05) is 53.8 Å². The van der Waals surface area contributed by atoms with Crippen LogP contribution < -0.4 is 0 Å². The molecule has 0 spiro atoms. The van der Waals surface area contributed by atoms with Crippen molar-refractivity contribution in [3.05, 3.63) is 83.2 Å². The molecule has 3 heterocycles. The van der Waals surface area contributed by atoms with Gasteiger partial charge >= 0.3 is 0 Å². The van der Waals surface area contributed by atoms with E-state index in [0.717, 1.165) is 40.9 Å². The lowest BCUT2D eigenvalue weighted by Crippen LogP contribution is -2.31. The fourth-order valence-corrected chi connectivity index (χ4v) is 4.28. The molecule has 6 nitrogen and oxygen atoms in total. The Hall–Kier alpha value is -3.28. The van der Waals surface area contributed by atoms with E-state index in [-0.39, 0.29) is 5.41 Å². The zero-order valence-electron chi connectivity index (χ0n) is 15.4. The Kier molecular flexibility index (Phi) is 4.04. The monoisotopic (exact) mass is 371 g/mol. The van der Waals surface area contributed by atoms with Crippen molar-refractivity contribution in [2.24, 2.45) is 11.1 Å². The second-order valence-electron chi connectivity index (χ2n) is 7.54. The van der Waals surface area contributed by atoms with Gasteiger partial charge in [0.05, 0.1) is 0 Å². The van der Waals surface area contributed by atoms with Crippen molar-refractivity contribution in [2.75, 3.05) is 0 Å². The highest BCUT2D eigenvalue weighted by atomic mass is 16.4. The molecule has 2 N–H and O–H groups in total. The number of allylic oxidation sites excluding steroid dienone is 1. The van der Waals surface area contributed by atoms with Crippen LogP contribution in [0, 0.1) is 5.92 Å². The quantitative estimate of drug-likeness (QED) is 0.416. The van der Waals surface area contributed by atoms with Crippen molar-refractivity contribution in [3.8, 4) is 0 Å². The predicted molar refractivity (Wildman–Crippen MR) is 106 cm³/mol. The van der Waals surface area contributed by atoms with Crippen LogP contribution in [0.1, 0.15) is 47.3 Å². The Labute approximate surface area is 163 Å². The molecule has 6 heteroatoms. The van der Waals surface area contributed by atoms with E-state index in [1.54, 1.807) is 12.4 Å². The molecule has 0 aliphatic heterocycles. The van der Waals surface area contributed by atoms with Gasteiger partial charge in [0.25, 0.3) is 0 Å². The third-order valence-corrected chi connectivity index (χ3v) is 6.07. The minimum absolute atomic E-state index is 0.300. The number of nitrogens with one attached hydrogen (secondary N) is 1. The largest absolute Gasteiger partial charge is 0.411 e. The molecule has 0 saturated heterocycles. The fourth-order valence-electron chi connectivity index (χ4n) is 4.28. The van der Waals surface area contributed by atoms with Gasteiger partial charge in [0.15, 0.2) is 0 Å². The average molecular weight is 371 g/mol. The molecule has 5 rings (SSSR count). The van der Waals surface area contributed by atoms with Crippen LogP contribution >= 0.6 is 0 Å². The molecule has 140 valence electrons. The maximum Gasteiger partial charge on any atom is 0.117 e. The lowest BCUT2D eigenvalue weighted by Gasteiger charge is -2.34. The molecule has 0 amide bonds. The highest BCUT2D eigenvalue weighted by Gasteiger charge is 2.38. The van der Waals surface area contributed by atoms with Gasteiger partial charge in [-0.15, -0.1) is 0 Å². The van der Waals surface area contributed by atoms with Gasteiger partial charge < -0.3 is 5.21 Å². The van der Waals surface area contributed by atoms with Gasteiger partial charge in [-0.05, 0) is 36.1 Å². The second kappa shape index (κ2) is 6.71. The van der Waals surface area contributed by atoms with E-state index >= 15 is 0 Å².